The van der Waals surface area contributed by atoms with Crippen LogP contribution in [-0.4, -0.2) is 48.6 Å². The molecule has 0 aliphatic carbocycles. The highest BCUT2D eigenvalue weighted by Gasteiger charge is 2.13. The van der Waals surface area contributed by atoms with Gasteiger partial charge in [-0.15, -0.1) is 0 Å². The van der Waals surface area contributed by atoms with Gasteiger partial charge in [-0.05, 0) is 32.5 Å². The third kappa shape index (κ3) is 4.67. The maximum atomic E-state index is 3.59. The third-order valence-corrected chi connectivity index (χ3v) is 3.91. The van der Waals surface area contributed by atoms with Gasteiger partial charge in [0, 0.05) is 24.1 Å². The summed E-state index contributed by atoms with van der Waals surface area (Å²) in [7, 11) is 0. The van der Waals surface area contributed by atoms with Crippen LogP contribution in [0.15, 0.2) is 0 Å². The van der Waals surface area contributed by atoms with E-state index in [2.05, 4.69) is 35.8 Å². The van der Waals surface area contributed by atoms with Crippen molar-refractivity contribution >= 4 is 11.8 Å². The van der Waals surface area contributed by atoms with Crippen LogP contribution in [0, 0.1) is 0 Å². The molecule has 0 saturated carbocycles. The molecule has 1 aliphatic rings. The molecule has 0 aromatic carbocycles. The van der Waals surface area contributed by atoms with Gasteiger partial charge in [-0.25, -0.2) is 0 Å². The van der Waals surface area contributed by atoms with E-state index in [9.17, 15) is 0 Å². The van der Waals surface area contributed by atoms with E-state index in [0.717, 1.165) is 6.04 Å². The standard InChI is InChI=1S/C11H24N2S/c1-3-7-13(4-2)8-5-11-10-14-9-6-12-11/h11-12H,3-10H2,1-2H3. The van der Waals surface area contributed by atoms with Crippen LogP contribution in [0.2, 0.25) is 0 Å². The fourth-order valence-corrected chi connectivity index (χ4v) is 2.89. The molecule has 1 rings (SSSR count). The Morgan fingerprint density at radius 1 is 1.36 bits per heavy atom. The van der Waals surface area contributed by atoms with E-state index in [0.29, 0.717) is 0 Å². The normalized spacial score (nSPS) is 22.9. The van der Waals surface area contributed by atoms with Crippen molar-refractivity contribution in [1.29, 1.82) is 0 Å². The van der Waals surface area contributed by atoms with Gasteiger partial charge in [-0.1, -0.05) is 13.8 Å². The number of rotatable bonds is 6. The summed E-state index contributed by atoms with van der Waals surface area (Å²) in [5, 5.41) is 3.59. The maximum Gasteiger partial charge on any atom is 0.0170 e. The Hall–Kier alpha value is 0.270. The monoisotopic (exact) mass is 216 g/mol. The first-order chi connectivity index (χ1) is 6.86. The molecular formula is C11H24N2S. The van der Waals surface area contributed by atoms with E-state index >= 15 is 0 Å². The zero-order valence-electron chi connectivity index (χ0n) is 9.59. The molecule has 1 atom stereocenters. The zero-order chi connectivity index (χ0) is 10.2. The number of hydrogen-bond donors (Lipinski definition) is 1. The Balaban J connectivity index is 2.10. The summed E-state index contributed by atoms with van der Waals surface area (Å²) in [6, 6.07) is 0.764. The van der Waals surface area contributed by atoms with Gasteiger partial charge in [-0.2, -0.15) is 11.8 Å². The average Bonchev–Trinajstić information content (AvgIpc) is 2.25. The second kappa shape index (κ2) is 7.55. The van der Waals surface area contributed by atoms with Crippen LogP contribution >= 0.6 is 11.8 Å². The van der Waals surface area contributed by atoms with E-state index in [1.807, 2.05) is 0 Å². The molecule has 0 radical (unpaired) electrons. The molecule has 0 amide bonds. The Morgan fingerprint density at radius 2 is 2.21 bits per heavy atom. The SMILES string of the molecule is CCCN(CC)CCC1CSCCN1. The number of nitrogens with one attached hydrogen (secondary N) is 1. The lowest BCUT2D eigenvalue weighted by Crippen LogP contribution is -2.40. The van der Waals surface area contributed by atoms with Gasteiger partial charge in [0.25, 0.3) is 0 Å². The van der Waals surface area contributed by atoms with Crippen LogP contribution < -0.4 is 5.32 Å². The van der Waals surface area contributed by atoms with Crippen molar-refractivity contribution in [3.8, 4) is 0 Å². The number of nitrogens with zero attached hydrogens (tertiary/aromatic N) is 1. The minimum atomic E-state index is 0.764. The van der Waals surface area contributed by atoms with Crippen LogP contribution in [0.4, 0.5) is 0 Å². The van der Waals surface area contributed by atoms with E-state index in [4.69, 9.17) is 0 Å². The van der Waals surface area contributed by atoms with Crippen molar-refractivity contribution in [3.63, 3.8) is 0 Å². The highest BCUT2D eigenvalue weighted by molar-refractivity contribution is 7.99. The Morgan fingerprint density at radius 3 is 2.79 bits per heavy atom. The minimum Gasteiger partial charge on any atom is -0.312 e. The average molecular weight is 216 g/mol. The lowest BCUT2D eigenvalue weighted by Gasteiger charge is -2.26. The lowest BCUT2D eigenvalue weighted by molar-refractivity contribution is 0.272. The Bertz CT molecular complexity index is 130. The van der Waals surface area contributed by atoms with Gasteiger partial charge in [0.1, 0.15) is 0 Å². The topological polar surface area (TPSA) is 15.3 Å². The van der Waals surface area contributed by atoms with E-state index < -0.39 is 0 Å². The molecule has 0 aromatic heterocycles. The second-order valence-electron chi connectivity index (χ2n) is 3.95. The van der Waals surface area contributed by atoms with Gasteiger partial charge in [0.15, 0.2) is 0 Å². The molecule has 0 spiro atoms. The molecule has 0 aromatic rings. The second-order valence-corrected chi connectivity index (χ2v) is 5.10. The van der Waals surface area contributed by atoms with Gasteiger partial charge in [0.2, 0.25) is 0 Å². The molecule has 0 bridgehead atoms. The van der Waals surface area contributed by atoms with E-state index in [1.54, 1.807) is 0 Å². The van der Waals surface area contributed by atoms with Gasteiger partial charge in [-0.3, -0.25) is 0 Å². The van der Waals surface area contributed by atoms with Crippen molar-refractivity contribution in [2.45, 2.75) is 32.7 Å². The molecular weight excluding hydrogens is 192 g/mol. The molecule has 1 aliphatic heterocycles. The summed E-state index contributed by atoms with van der Waals surface area (Å²) in [5.41, 5.74) is 0. The van der Waals surface area contributed by atoms with Crippen molar-refractivity contribution in [1.82, 2.24) is 10.2 Å². The molecule has 1 saturated heterocycles. The summed E-state index contributed by atoms with van der Waals surface area (Å²) in [6.45, 7) is 9.46. The van der Waals surface area contributed by atoms with Crippen LogP contribution in [-0.2, 0) is 0 Å². The molecule has 3 heteroatoms. The Labute approximate surface area is 92.8 Å². The van der Waals surface area contributed by atoms with Crippen molar-refractivity contribution in [2.75, 3.05) is 37.7 Å². The van der Waals surface area contributed by atoms with Crippen molar-refractivity contribution in [3.05, 3.63) is 0 Å². The van der Waals surface area contributed by atoms with Crippen molar-refractivity contribution in [2.24, 2.45) is 0 Å². The van der Waals surface area contributed by atoms with Gasteiger partial charge < -0.3 is 10.2 Å². The molecule has 84 valence electrons. The smallest absolute Gasteiger partial charge is 0.0170 e. The van der Waals surface area contributed by atoms with Gasteiger partial charge >= 0.3 is 0 Å². The Kier molecular flexibility index (Phi) is 6.65. The third-order valence-electron chi connectivity index (χ3n) is 2.78. The van der Waals surface area contributed by atoms with Crippen LogP contribution in [0.5, 0.6) is 0 Å². The fourth-order valence-electron chi connectivity index (χ4n) is 1.89. The largest absolute Gasteiger partial charge is 0.312 e. The fraction of sp³-hybridized carbons (Fsp3) is 1.00. The number of thioether (sulfide) groups is 1. The van der Waals surface area contributed by atoms with Crippen molar-refractivity contribution < 1.29 is 0 Å². The van der Waals surface area contributed by atoms with Crippen LogP contribution in [0.1, 0.15) is 26.7 Å². The lowest BCUT2D eigenvalue weighted by atomic mass is 10.2. The summed E-state index contributed by atoms with van der Waals surface area (Å²) in [4.78, 5) is 2.56. The molecule has 1 heterocycles. The summed E-state index contributed by atoms with van der Waals surface area (Å²) >= 11 is 2.09. The van der Waals surface area contributed by atoms with E-state index in [-0.39, 0.29) is 0 Å². The van der Waals surface area contributed by atoms with Crippen LogP contribution in [0.25, 0.3) is 0 Å². The molecule has 2 nitrogen and oxygen atoms in total. The van der Waals surface area contributed by atoms with Gasteiger partial charge in [0.05, 0.1) is 0 Å². The summed E-state index contributed by atoms with van der Waals surface area (Å²) < 4.78 is 0. The highest BCUT2D eigenvalue weighted by atomic mass is 32.2. The maximum absolute atomic E-state index is 3.59. The zero-order valence-corrected chi connectivity index (χ0v) is 10.4. The molecule has 14 heavy (non-hydrogen) atoms. The highest BCUT2D eigenvalue weighted by Crippen LogP contribution is 2.10. The minimum absolute atomic E-state index is 0.764. The predicted molar refractivity (Wildman–Crippen MR) is 66.1 cm³/mol. The molecule has 1 unspecified atom stereocenters. The first kappa shape index (κ1) is 12.3. The number of hydrogen-bond acceptors (Lipinski definition) is 3. The predicted octanol–water partition coefficient (Wildman–Crippen LogP) is 1.81. The first-order valence-corrected chi connectivity index (χ1v) is 7.05. The summed E-state index contributed by atoms with van der Waals surface area (Å²) in [6.07, 6.45) is 2.60. The summed E-state index contributed by atoms with van der Waals surface area (Å²) in [5.74, 6) is 2.60. The molecule has 1 fully saturated rings. The van der Waals surface area contributed by atoms with Crippen LogP contribution in [0.3, 0.4) is 0 Å². The quantitative estimate of drug-likeness (QED) is 0.729. The molecule has 1 N–H and O–H groups in total. The van der Waals surface area contributed by atoms with E-state index in [1.165, 1.54) is 50.5 Å². The first-order valence-electron chi connectivity index (χ1n) is 5.90.